The zero-order valence-corrected chi connectivity index (χ0v) is 15.3. The standard InChI is InChI=1S/C16H30N2O7/c1-5-6-9-24-12(7-8-19)13(20)17-10-11(14(21)22)18-15(23)25-16(2,3)4/h11-12,19H,5-10H2,1-4H3,(H,17,20)(H,18,23)(H,21,22)/t11-,12-/m0/s1. The second-order valence-corrected chi connectivity index (χ2v) is 6.51. The van der Waals surface area contributed by atoms with E-state index in [1.165, 1.54) is 0 Å². The Labute approximate surface area is 148 Å². The van der Waals surface area contributed by atoms with Crippen molar-refractivity contribution in [2.45, 2.75) is 64.7 Å². The highest BCUT2D eigenvalue weighted by atomic mass is 16.6. The first-order valence-electron chi connectivity index (χ1n) is 8.33. The van der Waals surface area contributed by atoms with Gasteiger partial charge in [0.15, 0.2) is 0 Å². The van der Waals surface area contributed by atoms with Crippen LogP contribution in [0.3, 0.4) is 0 Å². The van der Waals surface area contributed by atoms with Crippen molar-refractivity contribution in [3.8, 4) is 0 Å². The van der Waals surface area contributed by atoms with Crippen LogP contribution in [0.2, 0.25) is 0 Å². The van der Waals surface area contributed by atoms with E-state index in [4.69, 9.17) is 19.7 Å². The molecule has 0 aromatic heterocycles. The molecule has 9 heteroatoms. The van der Waals surface area contributed by atoms with Crippen molar-refractivity contribution >= 4 is 18.0 Å². The van der Waals surface area contributed by atoms with Gasteiger partial charge in [0.1, 0.15) is 17.7 Å². The van der Waals surface area contributed by atoms with Gasteiger partial charge < -0.3 is 30.3 Å². The fraction of sp³-hybridized carbons (Fsp3) is 0.812. The van der Waals surface area contributed by atoms with E-state index in [9.17, 15) is 14.4 Å². The number of ether oxygens (including phenoxy) is 2. The van der Waals surface area contributed by atoms with E-state index in [1.807, 2.05) is 6.92 Å². The van der Waals surface area contributed by atoms with Gasteiger partial charge in [0.25, 0.3) is 0 Å². The van der Waals surface area contributed by atoms with Crippen molar-refractivity contribution in [2.24, 2.45) is 0 Å². The maximum absolute atomic E-state index is 12.1. The van der Waals surface area contributed by atoms with Crippen LogP contribution in [0.15, 0.2) is 0 Å². The van der Waals surface area contributed by atoms with Crippen LogP contribution in [0.5, 0.6) is 0 Å². The monoisotopic (exact) mass is 362 g/mol. The molecule has 2 amide bonds. The molecule has 0 aliphatic carbocycles. The fourth-order valence-corrected chi connectivity index (χ4v) is 1.74. The van der Waals surface area contributed by atoms with Gasteiger partial charge in [0.05, 0.1) is 0 Å². The summed E-state index contributed by atoms with van der Waals surface area (Å²) in [4.78, 5) is 35.0. The molecular weight excluding hydrogens is 332 g/mol. The van der Waals surface area contributed by atoms with Crippen molar-refractivity contribution in [3.63, 3.8) is 0 Å². The molecule has 0 spiro atoms. The largest absolute Gasteiger partial charge is 0.480 e. The van der Waals surface area contributed by atoms with Crippen molar-refractivity contribution in [1.82, 2.24) is 10.6 Å². The molecule has 25 heavy (non-hydrogen) atoms. The quantitative estimate of drug-likeness (QED) is 0.396. The van der Waals surface area contributed by atoms with E-state index < -0.39 is 35.7 Å². The first-order chi connectivity index (χ1) is 11.6. The summed E-state index contributed by atoms with van der Waals surface area (Å²) in [5.41, 5.74) is -0.768. The average molecular weight is 362 g/mol. The second-order valence-electron chi connectivity index (χ2n) is 6.51. The molecule has 4 N–H and O–H groups in total. The number of hydrogen-bond donors (Lipinski definition) is 4. The van der Waals surface area contributed by atoms with E-state index in [0.717, 1.165) is 12.8 Å². The van der Waals surface area contributed by atoms with Gasteiger partial charge in [-0.05, 0) is 27.2 Å². The third-order valence-corrected chi connectivity index (χ3v) is 2.97. The Kier molecular flexibility index (Phi) is 10.8. The van der Waals surface area contributed by atoms with Gasteiger partial charge in [0, 0.05) is 26.2 Å². The van der Waals surface area contributed by atoms with Crippen LogP contribution in [0.25, 0.3) is 0 Å². The van der Waals surface area contributed by atoms with Gasteiger partial charge in [-0.15, -0.1) is 0 Å². The summed E-state index contributed by atoms with van der Waals surface area (Å²) in [5, 5.41) is 22.8. The van der Waals surface area contributed by atoms with Crippen LogP contribution in [0.1, 0.15) is 47.0 Å². The Balaban J connectivity index is 4.58. The Hall–Kier alpha value is -1.87. The molecule has 0 rings (SSSR count). The summed E-state index contributed by atoms with van der Waals surface area (Å²) in [6.45, 7) is 6.73. The number of amides is 2. The lowest BCUT2D eigenvalue weighted by Crippen LogP contribution is -2.51. The molecule has 0 saturated heterocycles. The Morgan fingerprint density at radius 1 is 1.20 bits per heavy atom. The van der Waals surface area contributed by atoms with Gasteiger partial charge in [-0.3, -0.25) is 4.79 Å². The minimum absolute atomic E-state index is 0.104. The van der Waals surface area contributed by atoms with Crippen LogP contribution >= 0.6 is 0 Å². The number of carboxylic acids is 1. The average Bonchev–Trinajstić information content (AvgIpc) is 2.48. The predicted octanol–water partition coefficient (Wildman–Crippen LogP) is 0.648. The number of hydrogen-bond acceptors (Lipinski definition) is 6. The number of aliphatic hydroxyl groups is 1. The van der Waals surface area contributed by atoms with Crippen LogP contribution in [-0.4, -0.2) is 65.7 Å². The van der Waals surface area contributed by atoms with Crippen molar-refractivity contribution < 1.29 is 34.1 Å². The molecule has 0 aromatic carbocycles. The molecule has 0 unspecified atom stereocenters. The number of rotatable bonds is 11. The van der Waals surface area contributed by atoms with Gasteiger partial charge in [-0.25, -0.2) is 9.59 Å². The molecule has 0 saturated carbocycles. The topological polar surface area (TPSA) is 134 Å². The third kappa shape index (κ3) is 11.3. The fourth-order valence-electron chi connectivity index (χ4n) is 1.74. The first-order valence-corrected chi connectivity index (χ1v) is 8.33. The van der Waals surface area contributed by atoms with Gasteiger partial charge in [-0.2, -0.15) is 0 Å². The molecule has 9 nitrogen and oxygen atoms in total. The number of unbranched alkanes of at least 4 members (excludes halogenated alkanes) is 1. The molecule has 2 atom stereocenters. The summed E-state index contributed by atoms with van der Waals surface area (Å²) in [6.07, 6.45) is 0.0154. The minimum atomic E-state index is -1.34. The SMILES string of the molecule is CCCCO[C@@H](CCO)C(=O)NC[C@H](NC(=O)OC(C)(C)C)C(=O)O. The first kappa shape index (κ1) is 23.1. The lowest BCUT2D eigenvalue weighted by molar-refractivity contribution is -0.140. The maximum atomic E-state index is 12.1. The molecule has 0 aromatic rings. The van der Waals surface area contributed by atoms with Crippen LogP contribution in [-0.2, 0) is 19.1 Å². The number of nitrogens with one attached hydrogen (secondary N) is 2. The number of alkyl carbamates (subject to hydrolysis) is 1. The summed E-state index contributed by atoms with van der Waals surface area (Å²) in [6, 6.07) is -1.34. The number of aliphatic carboxylic acids is 1. The number of carbonyl (C=O) groups is 3. The molecule has 146 valence electrons. The molecule has 0 radical (unpaired) electrons. The van der Waals surface area contributed by atoms with Crippen LogP contribution in [0, 0.1) is 0 Å². The highest BCUT2D eigenvalue weighted by Crippen LogP contribution is 2.07. The molecule has 0 aliphatic heterocycles. The zero-order chi connectivity index (χ0) is 19.5. The maximum Gasteiger partial charge on any atom is 0.408 e. The summed E-state index contributed by atoms with van der Waals surface area (Å²) in [7, 11) is 0. The normalized spacial score (nSPS) is 13.6. The highest BCUT2D eigenvalue weighted by molar-refractivity contribution is 5.83. The zero-order valence-electron chi connectivity index (χ0n) is 15.3. The van der Waals surface area contributed by atoms with Gasteiger partial charge in [0.2, 0.25) is 5.91 Å². The van der Waals surface area contributed by atoms with Gasteiger partial charge >= 0.3 is 12.1 Å². The number of aliphatic hydroxyl groups excluding tert-OH is 1. The lowest BCUT2D eigenvalue weighted by atomic mass is 10.2. The Morgan fingerprint density at radius 2 is 1.84 bits per heavy atom. The highest BCUT2D eigenvalue weighted by Gasteiger charge is 2.26. The summed E-state index contributed by atoms with van der Waals surface area (Å²) in [5.74, 6) is -1.85. The van der Waals surface area contributed by atoms with Crippen LogP contribution in [0.4, 0.5) is 4.79 Å². The summed E-state index contributed by atoms with van der Waals surface area (Å²) < 4.78 is 10.4. The van der Waals surface area contributed by atoms with E-state index in [1.54, 1.807) is 20.8 Å². The van der Waals surface area contributed by atoms with E-state index in [0.29, 0.717) is 6.61 Å². The van der Waals surface area contributed by atoms with E-state index >= 15 is 0 Å². The Bertz CT molecular complexity index is 435. The van der Waals surface area contributed by atoms with Crippen molar-refractivity contribution in [1.29, 1.82) is 0 Å². The van der Waals surface area contributed by atoms with Gasteiger partial charge in [-0.1, -0.05) is 13.3 Å². The molecule has 0 fully saturated rings. The second kappa shape index (κ2) is 11.6. The molecule has 0 heterocycles. The van der Waals surface area contributed by atoms with Crippen molar-refractivity contribution in [3.05, 3.63) is 0 Å². The lowest BCUT2D eigenvalue weighted by Gasteiger charge is -2.23. The van der Waals surface area contributed by atoms with Crippen molar-refractivity contribution in [2.75, 3.05) is 19.8 Å². The van der Waals surface area contributed by atoms with E-state index in [2.05, 4.69) is 10.6 Å². The number of carbonyl (C=O) groups excluding carboxylic acids is 2. The molecule has 0 bridgehead atoms. The molecular formula is C16H30N2O7. The summed E-state index contributed by atoms with van der Waals surface area (Å²) >= 11 is 0. The predicted molar refractivity (Wildman–Crippen MR) is 90.2 cm³/mol. The number of carboxylic acid groups (broad SMARTS) is 1. The third-order valence-electron chi connectivity index (χ3n) is 2.97. The smallest absolute Gasteiger partial charge is 0.408 e. The Morgan fingerprint density at radius 3 is 2.32 bits per heavy atom. The van der Waals surface area contributed by atoms with E-state index in [-0.39, 0.29) is 19.6 Å². The van der Waals surface area contributed by atoms with Crippen LogP contribution < -0.4 is 10.6 Å². The molecule has 0 aliphatic rings. The minimum Gasteiger partial charge on any atom is -0.480 e.